The topological polar surface area (TPSA) is 74.2 Å². The maximum Gasteiger partial charge on any atom is 0.259 e. The van der Waals surface area contributed by atoms with Crippen LogP contribution in [0, 0.1) is 0 Å². The molecule has 0 saturated heterocycles. The molecule has 0 aliphatic rings. The lowest BCUT2D eigenvalue weighted by atomic mass is 10.2. The highest BCUT2D eigenvalue weighted by molar-refractivity contribution is 6.33. The van der Waals surface area contributed by atoms with Crippen LogP contribution in [0.15, 0.2) is 47.0 Å². The van der Waals surface area contributed by atoms with Crippen LogP contribution in [0.1, 0.15) is 0 Å². The highest BCUT2D eigenvalue weighted by Crippen LogP contribution is 2.30. The molecule has 3 aromatic rings. The van der Waals surface area contributed by atoms with Gasteiger partial charge in [-0.3, -0.25) is 0 Å². The summed E-state index contributed by atoms with van der Waals surface area (Å²) in [7, 11) is 1.61. The van der Waals surface area contributed by atoms with Gasteiger partial charge in [0.15, 0.2) is 0 Å². The monoisotopic (exact) mass is 301 g/mol. The largest absolute Gasteiger partial charge is 0.497 e. The summed E-state index contributed by atoms with van der Waals surface area (Å²) >= 11 is 6.14. The molecule has 0 bridgehead atoms. The van der Waals surface area contributed by atoms with E-state index in [0.717, 1.165) is 11.3 Å². The Kier molecular flexibility index (Phi) is 3.50. The Balaban J connectivity index is 1.99. The van der Waals surface area contributed by atoms with E-state index < -0.39 is 0 Å². The van der Waals surface area contributed by atoms with Crippen molar-refractivity contribution < 1.29 is 9.26 Å². The summed E-state index contributed by atoms with van der Waals surface area (Å²) in [6.07, 6.45) is 0. The Hall–Kier alpha value is -2.53. The maximum absolute atomic E-state index is 6.14. The van der Waals surface area contributed by atoms with Crippen molar-refractivity contribution in [3.05, 3.63) is 47.5 Å². The van der Waals surface area contributed by atoms with Gasteiger partial charge in [0.25, 0.3) is 5.89 Å². The molecule has 0 atom stereocenters. The minimum atomic E-state index is 0.345. The standard InChI is InChI=1S/C15H12ClN3O2/c1-20-11-4-2-3-9(7-11)14-18-15(21-19-14)12-6-5-10(17)8-13(12)16/h2-8H,17H2,1H3. The Morgan fingerprint density at radius 1 is 1.19 bits per heavy atom. The highest BCUT2D eigenvalue weighted by atomic mass is 35.5. The number of nitrogens with zero attached hydrogens (tertiary/aromatic N) is 2. The zero-order valence-electron chi connectivity index (χ0n) is 11.2. The molecule has 1 aromatic heterocycles. The maximum atomic E-state index is 6.14. The zero-order chi connectivity index (χ0) is 14.8. The number of ether oxygens (including phenoxy) is 1. The van der Waals surface area contributed by atoms with Crippen LogP contribution in [-0.4, -0.2) is 17.3 Å². The van der Waals surface area contributed by atoms with Crippen molar-refractivity contribution in [2.75, 3.05) is 12.8 Å². The molecule has 0 aliphatic heterocycles. The van der Waals surface area contributed by atoms with Crippen LogP contribution in [0.3, 0.4) is 0 Å². The van der Waals surface area contributed by atoms with Crippen molar-refractivity contribution in [2.45, 2.75) is 0 Å². The minimum Gasteiger partial charge on any atom is -0.497 e. The number of anilines is 1. The molecule has 0 fully saturated rings. The van der Waals surface area contributed by atoms with Crippen molar-refractivity contribution in [1.82, 2.24) is 10.1 Å². The third-order valence-corrected chi connectivity index (χ3v) is 3.29. The van der Waals surface area contributed by atoms with E-state index in [-0.39, 0.29) is 0 Å². The molecule has 0 amide bonds. The molecule has 0 spiro atoms. The van der Waals surface area contributed by atoms with E-state index in [1.165, 1.54) is 0 Å². The van der Waals surface area contributed by atoms with Crippen LogP contribution in [0.25, 0.3) is 22.8 Å². The van der Waals surface area contributed by atoms with Gasteiger partial charge in [0, 0.05) is 11.3 Å². The summed E-state index contributed by atoms with van der Waals surface area (Å²) in [5.41, 5.74) is 7.70. The lowest BCUT2D eigenvalue weighted by Gasteiger charge is -2.00. The summed E-state index contributed by atoms with van der Waals surface area (Å²) in [4.78, 5) is 4.36. The molecule has 3 rings (SSSR count). The molecular formula is C15H12ClN3O2. The van der Waals surface area contributed by atoms with E-state index in [9.17, 15) is 0 Å². The molecule has 5 nitrogen and oxygen atoms in total. The van der Waals surface area contributed by atoms with E-state index in [1.54, 1.807) is 25.3 Å². The molecule has 21 heavy (non-hydrogen) atoms. The molecule has 0 radical (unpaired) electrons. The summed E-state index contributed by atoms with van der Waals surface area (Å²) in [5, 5.41) is 4.44. The quantitative estimate of drug-likeness (QED) is 0.747. The van der Waals surface area contributed by atoms with E-state index >= 15 is 0 Å². The van der Waals surface area contributed by atoms with Crippen molar-refractivity contribution in [3.63, 3.8) is 0 Å². The van der Waals surface area contributed by atoms with Gasteiger partial charge in [-0.25, -0.2) is 0 Å². The number of rotatable bonds is 3. The fraction of sp³-hybridized carbons (Fsp3) is 0.0667. The molecular weight excluding hydrogens is 290 g/mol. The summed E-state index contributed by atoms with van der Waals surface area (Å²) in [6.45, 7) is 0. The number of aromatic nitrogens is 2. The Morgan fingerprint density at radius 3 is 2.81 bits per heavy atom. The van der Waals surface area contributed by atoms with Gasteiger partial charge in [0.2, 0.25) is 5.82 Å². The first-order valence-electron chi connectivity index (χ1n) is 6.21. The molecule has 0 unspecified atom stereocenters. The zero-order valence-corrected chi connectivity index (χ0v) is 12.0. The first-order chi connectivity index (χ1) is 10.2. The second-order valence-electron chi connectivity index (χ2n) is 4.39. The van der Waals surface area contributed by atoms with E-state index in [0.29, 0.717) is 28.0 Å². The van der Waals surface area contributed by atoms with Crippen LogP contribution >= 0.6 is 11.6 Å². The van der Waals surface area contributed by atoms with Crippen molar-refractivity contribution in [1.29, 1.82) is 0 Å². The molecule has 1 heterocycles. The summed E-state index contributed by atoms with van der Waals surface area (Å²) in [5.74, 6) is 1.54. The van der Waals surface area contributed by atoms with Crippen LogP contribution in [0.5, 0.6) is 5.75 Å². The number of hydrogen-bond donors (Lipinski definition) is 1. The van der Waals surface area contributed by atoms with Gasteiger partial charge in [-0.2, -0.15) is 4.98 Å². The number of benzene rings is 2. The fourth-order valence-corrected chi connectivity index (χ4v) is 2.19. The van der Waals surface area contributed by atoms with Gasteiger partial charge in [-0.1, -0.05) is 28.9 Å². The Morgan fingerprint density at radius 2 is 2.05 bits per heavy atom. The number of halogens is 1. The van der Waals surface area contributed by atoms with E-state index in [2.05, 4.69) is 10.1 Å². The van der Waals surface area contributed by atoms with Crippen molar-refractivity contribution in [2.24, 2.45) is 0 Å². The summed E-state index contributed by atoms with van der Waals surface area (Å²) in [6, 6.07) is 12.5. The third kappa shape index (κ3) is 2.68. The SMILES string of the molecule is COc1cccc(-c2noc(-c3ccc(N)cc3Cl)n2)c1. The lowest BCUT2D eigenvalue weighted by Crippen LogP contribution is -1.87. The van der Waals surface area contributed by atoms with Gasteiger partial charge in [-0.15, -0.1) is 0 Å². The second-order valence-corrected chi connectivity index (χ2v) is 4.80. The van der Waals surface area contributed by atoms with Gasteiger partial charge in [0.05, 0.1) is 17.7 Å². The molecule has 2 N–H and O–H groups in total. The normalized spacial score (nSPS) is 10.6. The number of nitrogen functional groups attached to an aromatic ring is 1. The predicted molar refractivity (Wildman–Crippen MR) is 81.1 cm³/mol. The average molecular weight is 302 g/mol. The second kappa shape index (κ2) is 5.46. The lowest BCUT2D eigenvalue weighted by molar-refractivity contribution is 0.414. The Bertz CT molecular complexity index is 786. The summed E-state index contributed by atoms with van der Waals surface area (Å²) < 4.78 is 10.5. The van der Waals surface area contributed by atoms with Gasteiger partial charge in [-0.05, 0) is 30.3 Å². The first kappa shape index (κ1) is 13.5. The van der Waals surface area contributed by atoms with E-state index in [1.807, 2.05) is 24.3 Å². The minimum absolute atomic E-state index is 0.345. The van der Waals surface area contributed by atoms with Crippen molar-refractivity contribution in [3.8, 4) is 28.6 Å². The number of methoxy groups -OCH3 is 1. The molecule has 6 heteroatoms. The first-order valence-corrected chi connectivity index (χ1v) is 6.58. The van der Waals surface area contributed by atoms with Crippen LogP contribution in [-0.2, 0) is 0 Å². The molecule has 2 aromatic carbocycles. The fourth-order valence-electron chi connectivity index (χ4n) is 1.92. The van der Waals surface area contributed by atoms with Crippen LogP contribution < -0.4 is 10.5 Å². The van der Waals surface area contributed by atoms with Gasteiger partial charge in [0.1, 0.15) is 5.75 Å². The third-order valence-electron chi connectivity index (χ3n) is 2.98. The molecule has 106 valence electrons. The van der Waals surface area contributed by atoms with Gasteiger partial charge >= 0.3 is 0 Å². The van der Waals surface area contributed by atoms with Gasteiger partial charge < -0.3 is 15.0 Å². The molecule has 0 saturated carbocycles. The average Bonchev–Trinajstić information content (AvgIpc) is 2.97. The van der Waals surface area contributed by atoms with Crippen LogP contribution in [0.2, 0.25) is 5.02 Å². The highest BCUT2D eigenvalue weighted by Gasteiger charge is 2.14. The predicted octanol–water partition coefficient (Wildman–Crippen LogP) is 3.65. The smallest absolute Gasteiger partial charge is 0.259 e. The van der Waals surface area contributed by atoms with Crippen molar-refractivity contribution >= 4 is 17.3 Å². The van der Waals surface area contributed by atoms with Crippen LogP contribution in [0.4, 0.5) is 5.69 Å². The molecule has 0 aliphatic carbocycles. The van der Waals surface area contributed by atoms with E-state index in [4.69, 9.17) is 26.6 Å². The Labute approximate surface area is 126 Å². The number of hydrogen-bond acceptors (Lipinski definition) is 5. The number of nitrogens with two attached hydrogens (primary N) is 1.